The molecule has 3 N–H and O–H groups in total. The lowest BCUT2D eigenvalue weighted by atomic mass is 10.1. The summed E-state index contributed by atoms with van der Waals surface area (Å²) in [5.41, 5.74) is 3.27. The van der Waals surface area contributed by atoms with E-state index in [0.29, 0.717) is 45.5 Å². The third-order valence-electron chi connectivity index (χ3n) is 5.72. The number of rotatable bonds is 6. The largest absolute Gasteiger partial charge is 0.629 e. The third-order valence-corrected chi connectivity index (χ3v) is 8.26. The Kier molecular flexibility index (Phi) is 7.16. The highest BCUT2D eigenvalue weighted by molar-refractivity contribution is 7.90. The maximum absolute atomic E-state index is 12.9. The van der Waals surface area contributed by atoms with Crippen molar-refractivity contribution in [1.29, 1.82) is 0 Å². The Morgan fingerprint density at radius 2 is 1.85 bits per heavy atom. The van der Waals surface area contributed by atoms with Gasteiger partial charge in [0.2, 0.25) is 0 Å². The molecular weight excluding hydrogens is 497 g/mol. The number of halogens is 2. The number of hydrogen-bond acceptors (Lipinski definition) is 4. The Balaban J connectivity index is 1.40. The summed E-state index contributed by atoms with van der Waals surface area (Å²) in [4.78, 5) is 12.5. The van der Waals surface area contributed by atoms with Crippen LogP contribution in [-0.2, 0) is 22.0 Å². The van der Waals surface area contributed by atoms with Gasteiger partial charge in [-0.1, -0.05) is 47.5 Å². The number of benzene rings is 3. The Bertz CT molecular complexity index is 1330. The first-order valence-electron chi connectivity index (χ1n) is 10.6. The Morgan fingerprint density at radius 3 is 2.59 bits per heavy atom. The number of hydrogen-bond donors (Lipinski definition) is 3. The van der Waals surface area contributed by atoms with Gasteiger partial charge in [0, 0.05) is 23.7 Å². The normalized spacial score (nSPS) is 16.1. The van der Waals surface area contributed by atoms with Gasteiger partial charge in [-0.15, -0.1) is 0 Å². The fraction of sp³-hybridized carbons (Fsp3) is 0.208. The van der Waals surface area contributed by atoms with Crippen LogP contribution in [0.15, 0.2) is 65.6 Å². The Morgan fingerprint density at radius 1 is 1.12 bits per heavy atom. The van der Waals surface area contributed by atoms with Crippen LogP contribution in [0.3, 0.4) is 0 Å². The van der Waals surface area contributed by atoms with Crippen molar-refractivity contribution < 1.29 is 18.3 Å². The number of nitrogens with one attached hydrogen (secondary N) is 3. The van der Waals surface area contributed by atoms with Crippen LogP contribution in [0.1, 0.15) is 29.7 Å². The molecular formula is C24H23Cl2N3O4S. The Hall–Kier alpha value is -2.62. The van der Waals surface area contributed by atoms with E-state index < -0.39 is 21.9 Å². The van der Waals surface area contributed by atoms with Gasteiger partial charge in [-0.05, 0) is 48.4 Å². The molecule has 0 aromatic heterocycles. The van der Waals surface area contributed by atoms with E-state index in [4.69, 9.17) is 23.2 Å². The van der Waals surface area contributed by atoms with E-state index in [2.05, 4.69) is 10.6 Å². The van der Waals surface area contributed by atoms with E-state index in [1.807, 2.05) is 6.07 Å². The summed E-state index contributed by atoms with van der Waals surface area (Å²) in [6.07, 6.45) is 0.703. The third kappa shape index (κ3) is 5.37. The average Bonchev–Trinajstić information content (AvgIpc) is 3.15. The van der Waals surface area contributed by atoms with Crippen molar-refractivity contribution >= 4 is 50.4 Å². The zero-order valence-electron chi connectivity index (χ0n) is 18.3. The summed E-state index contributed by atoms with van der Waals surface area (Å²) in [6, 6.07) is 15.5. The number of urea groups is 1. The zero-order chi connectivity index (χ0) is 24.5. The van der Waals surface area contributed by atoms with Gasteiger partial charge in [0.05, 0.1) is 33.3 Å². The summed E-state index contributed by atoms with van der Waals surface area (Å²) >= 11 is 12.2. The van der Waals surface area contributed by atoms with Crippen molar-refractivity contribution in [1.82, 2.24) is 5.32 Å². The second kappa shape index (κ2) is 9.93. The topological polar surface area (TPSA) is 103 Å². The van der Waals surface area contributed by atoms with Crippen LogP contribution in [0.4, 0.5) is 16.2 Å². The molecule has 0 aliphatic carbocycles. The first kappa shape index (κ1) is 24.5. The fourth-order valence-electron chi connectivity index (χ4n) is 3.92. The lowest BCUT2D eigenvalue weighted by molar-refractivity contribution is -0.768. The molecule has 0 saturated heterocycles. The molecule has 10 heteroatoms. The molecule has 34 heavy (non-hydrogen) atoms. The van der Waals surface area contributed by atoms with Gasteiger partial charge in [-0.2, -0.15) is 0 Å². The quantitative estimate of drug-likeness (QED) is 0.419. The molecule has 1 aliphatic rings. The maximum Gasteiger partial charge on any atom is 0.319 e. The van der Waals surface area contributed by atoms with Gasteiger partial charge < -0.3 is 20.9 Å². The molecule has 0 saturated carbocycles. The molecule has 3 aromatic rings. The molecule has 2 atom stereocenters. The lowest BCUT2D eigenvalue weighted by Gasteiger charge is -2.17. The van der Waals surface area contributed by atoms with E-state index in [1.54, 1.807) is 37.3 Å². The highest BCUT2D eigenvalue weighted by Crippen LogP contribution is 2.30. The summed E-state index contributed by atoms with van der Waals surface area (Å²) < 4.78 is 25.7. The molecule has 0 spiro atoms. The molecule has 2 amide bonds. The van der Waals surface area contributed by atoms with Gasteiger partial charge in [0.25, 0.3) is 0 Å². The van der Waals surface area contributed by atoms with Crippen molar-refractivity contribution in [3.05, 3.63) is 92.6 Å². The number of fused-ring (bicyclic) bond motifs is 1. The average molecular weight is 520 g/mol. The molecule has 1 aliphatic heterocycles. The molecule has 1 unspecified atom stereocenters. The monoisotopic (exact) mass is 519 g/mol. The van der Waals surface area contributed by atoms with Gasteiger partial charge >= 0.3 is 6.03 Å². The lowest BCUT2D eigenvalue weighted by Crippen LogP contribution is -3.00. The van der Waals surface area contributed by atoms with Crippen LogP contribution >= 0.6 is 23.2 Å². The Labute approximate surface area is 208 Å². The van der Waals surface area contributed by atoms with Crippen molar-refractivity contribution in [3.8, 4) is 0 Å². The first-order chi connectivity index (χ1) is 16.1. The van der Waals surface area contributed by atoms with Crippen molar-refractivity contribution in [3.63, 3.8) is 0 Å². The fourth-order valence-corrected chi connectivity index (χ4v) is 5.73. The number of carbonyl (C=O) groups excluding carboxylic acids is 1. The minimum atomic E-state index is -3.62. The number of quaternary nitrogens is 1. The van der Waals surface area contributed by atoms with Gasteiger partial charge in [0.1, 0.15) is 5.69 Å². The molecule has 7 nitrogen and oxygen atoms in total. The van der Waals surface area contributed by atoms with Crippen molar-refractivity contribution in [2.75, 3.05) is 11.9 Å². The zero-order valence-corrected chi connectivity index (χ0v) is 20.6. The van der Waals surface area contributed by atoms with Gasteiger partial charge in [0.15, 0.2) is 9.84 Å². The van der Waals surface area contributed by atoms with Crippen molar-refractivity contribution in [2.24, 2.45) is 0 Å². The van der Waals surface area contributed by atoms with Crippen LogP contribution in [0.5, 0.6) is 0 Å². The minimum absolute atomic E-state index is 0.0508. The van der Waals surface area contributed by atoms with Gasteiger partial charge in [-0.3, -0.25) is 0 Å². The van der Waals surface area contributed by atoms with Gasteiger partial charge in [-0.25, -0.2) is 13.2 Å². The standard InChI is InChI=1S/C24H23Cl2N3O4S/c1-15(20-3-2-4-21(25)23(20)26)27-24(30)28-18-7-9-19(10-8-18)34(32,33)14-16-5-6-17-11-12-29(31)22(17)13-16/h2-10,13,15,29H,11-12,14H2,1H3,(H2,27,28,30)/t15-/m0/s1. The number of hydroxylamine groups is 1. The summed E-state index contributed by atoms with van der Waals surface area (Å²) in [7, 11) is -3.62. The highest BCUT2D eigenvalue weighted by Gasteiger charge is 2.22. The number of sulfone groups is 1. The summed E-state index contributed by atoms with van der Waals surface area (Å²) in [6.45, 7) is 2.25. The highest BCUT2D eigenvalue weighted by atomic mass is 35.5. The predicted octanol–water partition coefficient (Wildman–Crippen LogP) is 4.42. The molecule has 3 aromatic carbocycles. The smallest absolute Gasteiger partial charge is 0.319 e. The maximum atomic E-state index is 12.9. The molecule has 1 heterocycles. The van der Waals surface area contributed by atoms with Crippen LogP contribution in [0.2, 0.25) is 10.0 Å². The van der Waals surface area contributed by atoms with Crippen molar-refractivity contribution in [2.45, 2.75) is 30.0 Å². The van der Waals surface area contributed by atoms with Crippen LogP contribution < -0.4 is 15.7 Å². The van der Waals surface area contributed by atoms with Crippen LogP contribution in [0.25, 0.3) is 0 Å². The second-order valence-electron chi connectivity index (χ2n) is 8.16. The number of anilines is 1. The first-order valence-corrected chi connectivity index (χ1v) is 13.0. The van der Waals surface area contributed by atoms with E-state index >= 15 is 0 Å². The molecule has 0 radical (unpaired) electrons. The van der Waals surface area contributed by atoms with E-state index in [1.165, 1.54) is 24.3 Å². The summed E-state index contributed by atoms with van der Waals surface area (Å²) in [5, 5.41) is 18.2. The molecule has 0 bridgehead atoms. The molecule has 178 valence electrons. The van der Waals surface area contributed by atoms with Crippen LogP contribution in [0, 0.1) is 5.21 Å². The SMILES string of the molecule is C[C@H](NC(=O)Nc1ccc(S(=O)(=O)Cc2ccc3c(c2)[NH+]([O-])CC3)cc1)c1cccc(Cl)c1Cl. The molecule has 4 rings (SSSR count). The van der Waals surface area contributed by atoms with E-state index in [0.717, 1.165) is 5.56 Å². The summed E-state index contributed by atoms with van der Waals surface area (Å²) in [5.74, 6) is -0.210. The molecule has 0 fully saturated rings. The van der Waals surface area contributed by atoms with Crippen LogP contribution in [-0.4, -0.2) is 21.0 Å². The predicted molar refractivity (Wildman–Crippen MR) is 133 cm³/mol. The van der Waals surface area contributed by atoms with E-state index in [-0.39, 0.29) is 15.7 Å². The number of amides is 2. The number of carbonyl (C=O) groups is 1. The van der Waals surface area contributed by atoms with E-state index in [9.17, 15) is 18.4 Å². The second-order valence-corrected chi connectivity index (χ2v) is 10.9. The minimum Gasteiger partial charge on any atom is -0.629 e.